The molecule has 0 heterocycles. The maximum absolute atomic E-state index is 14.3. The monoisotopic (exact) mass is 637 g/mol. The normalized spacial score (nSPS) is 15.2. The first-order valence-corrected chi connectivity index (χ1v) is 16.4. The number of nitrogens with one attached hydrogen (secondary N) is 1. The maximum atomic E-state index is 14.3. The Bertz CT molecular complexity index is 1340. The molecule has 0 saturated heterocycles. The number of nitrogens with zero attached hydrogens (tertiary/aromatic N) is 2. The highest BCUT2D eigenvalue weighted by Gasteiger charge is 2.49. The quantitative estimate of drug-likeness (QED) is 0.326. The Balaban J connectivity index is 3.82. The van der Waals surface area contributed by atoms with Gasteiger partial charge in [0.25, 0.3) is 0 Å². The largest absolute Gasteiger partial charge is 0.478 e. The van der Waals surface area contributed by atoms with Crippen LogP contribution in [0.15, 0.2) is 42.0 Å². The van der Waals surface area contributed by atoms with Crippen LogP contribution in [-0.2, 0) is 34.4 Å². The summed E-state index contributed by atoms with van der Waals surface area (Å²) in [5, 5.41) is 12.1. The molecule has 11 nitrogen and oxygen atoms in total. The first-order chi connectivity index (χ1) is 19.8. The SMILES string of the molecule is CC(=C[C@H](C(C)C)N(C)C(=O)[C@@H](NC(=O)[C@@H](N(C)C(=O)OC(C)(C)C)C(C)(C)c1ccccc1)C(C)(C)S(C)(=O)=O)C(=O)O. The zero-order valence-corrected chi connectivity index (χ0v) is 29.2. The highest BCUT2D eigenvalue weighted by atomic mass is 32.2. The molecule has 0 aromatic heterocycles. The van der Waals surface area contributed by atoms with Gasteiger partial charge in [-0.3, -0.25) is 14.5 Å². The van der Waals surface area contributed by atoms with Crippen LogP contribution in [0.1, 0.15) is 74.8 Å². The zero-order valence-electron chi connectivity index (χ0n) is 28.4. The summed E-state index contributed by atoms with van der Waals surface area (Å²) in [6.07, 6.45) is 1.62. The topological polar surface area (TPSA) is 150 Å². The van der Waals surface area contributed by atoms with E-state index in [1.54, 1.807) is 60.6 Å². The Hall–Kier alpha value is -3.41. The number of benzene rings is 1. The number of hydrogen-bond donors (Lipinski definition) is 2. The average molecular weight is 638 g/mol. The fraction of sp³-hybridized carbons (Fsp3) is 0.625. The molecule has 44 heavy (non-hydrogen) atoms. The summed E-state index contributed by atoms with van der Waals surface area (Å²) in [7, 11) is -1.10. The molecule has 0 aliphatic carbocycles. The molecule has 1 rings (SSSR count). The molecule has 1 aromatic rings. The molecule has 3 amide bonds. The lowest BCUT2D eigenvalue weighted by Crippen LogP contribution is -2.66. The number of amides is 3. The van der Waals surface area contributed by atoms with Crippen molar-refractivity contribution in [1.29, 1.82) is 0 Å². The fourth-order valence-electron chi connectivity index (χ4n) is 4.85. The predicted octanol–water partition coefficient (Wildman–Crippen LogP) is 4.02. The van der Waals surface area contributed by atoms with E-state index in [1.165, 1.54) is 45.8 Å². The third-order valence-electron chi connectivity index (χ3n) is 7.94. The number of carbonyl (C=O) groups is 4. The van der Waals surface area contributed by atoms with Gasteiger partial charge in [0, 0.05) is 31.3 Å². The molecular formula is C32H51N3O8S. The van der Waals surface area contributed by atoms with Gasteiger partial charge in [0.05, 0.1) is 10.8 Å². The van der Waals surface area contributed by atoms with Gasteiger partial charge in [-0.1, -0.05) is 64.1 Å². The molecule has 0 aliphatic rings. The molecule has 0 unspecified atom stereocenters. The number of carboxylic acid groups (broad SMARTS) is 1. The van der Waals surface area contributed by atoms with Gasteiger partial charge in [0.1, 0.15) is 17.7 Å². The van der Waals surface area contributed by atoms with E-state index in [9.17, 15) is 32.7 Å². The molecule has 248 valence electrons. The van der Waals surface area contributed by atoms with Crippen molar-refractivity contribution >= 4 is 33.7 Å². The lowest BCUT2D eigenvalue weighted by molar-refractivity contribution is -0.139. The Morgan fingerprint density at radius 2 is 1.43 bits per heavy atom. The molecule has 0 spiro atoms. The van der Waals surface area contributed by atoms with Crippen LogP contribution < -0.4 is 5.32 Å². The summed E-state index contributed by atoms with van der Waals surface area (Å²) in [6, 6.07) is 5.46. The van der Waals surface area contributed by atoms with Gasteiger partial charge in [-0.2, -0.15) is 0 Å². The van der Waals surface area contributed by atoms with Gasteiger partial charge in [-0.25, -0.2) is 18.0 Å². The smallest absolute Gasteiger partial charge is 0.410 e. The van der Waals surface area contributed by atoms with Crippen molar-refractivity contribution in [3.05, 3.63) is 47.5 Å². The summed E-state index contributed by atoms with van der Waals surface area (Å²) >= 11 is 0. The molecule has 0 aliphatic heterocycles. The van der Waals surface area contributed by atoms with E-state index in [-0.39, 0.29) is 11.5 Å². The average Bonchev–Trinajstić information content (AvgIpc) is 2.87. The highest BCUT2D eigenvalue weighted by molar-refractivity contribution is 7.92. The summed E-state index contributed by atoms with van der Waals surface area (Å²) in [5.74, 6) is -2.92. The minimum atomic E-state index is -3.96. The minimum Gasteiger partial charge on any atom is -0.478 e. The number of hydrogen-bond acceptors (Lipinski definition) is 7. The molecule has 0 fully saturated rings. The molecule has 0 bridgehead atoms. The number of carboxylic acids is 1. The van der Waals surface area contributed by atoms with E-state index < -0.39 is 67.6 Å². The first kappa shape index (κ1) is 38.6. The van der Waals surface area contributed by atoms with Gasteiger partial charge in [-0.05, 0) is 53.0 Å². The van der Waals surface area contributed by atoms with Crippen LogP contribution in [0.5, 0.6) is 0 Å². The summed E-state index contributed by atoms with van der Waals surface area (Å²) in [4.78, 5) is 55.8. The van der Waals surface area contributed by atoms with Crippen LogP contribution in [-0.4, -0.2) is 96.0 Å². The van der Waals surface area contributed by atoms with Gasteiger partial charge in [0.2, 0.25) is 11.8 Å². The standard InChI is InChI=1S/C32H51N3O8S/c1-20(2)23(19-21(3)28(38)39)34(11)27(37)24(32(9,10)44(13,41)42)33-26(36)25(35(12)29(40)43-30(4,5)6)31(7,8)22-17-15-14-16-18-22/h14-20,23-25H,1-13H3,(H,33,36)(H,38,39)/t23-,24-,25-/m1/s1. The van der Waals surface area contributed by atoms with Gasteiger partial charge < -0.3 is 20.1 Å². The van der Waals surface area contributed by atoms with E-state index in [4.69, 9.17) is 4.74 Å². The van der Waals surface area contributed by atoms with Crippen molar-refractivity contribution in [2.75, 3.05) is 20.4 Å². The number of ether oxygens (including phenoxy) is 1. The number of sulfone groups is 1. The molecule has 1 aromatic carbocycles. The van der Waals surface area contributed by atoms with Gasteiger partial charge in [-0.15, -0.1) is 0 Å². The van der Waals surface area contributed by atoms with Crippen LogP contribution in [0.2, 0.25) is 0 Å². The van der Waals surface area contributed by atoms with E-state index in [0.717, 1.165) is 11.2 Å². The molecular weight excluding hydrogens is 586 g/mol. The van der Waals surface area contributed by atoms with Crippen molar-refractivity contribution in [1.82, 2.24) is 15.1 Å². The Labute approximate surface area is 262 Å². The Morgan fingerprint density at radius 1 is 0.932 bits per heavy atom. The van der Waals surface area contributed by atoms with Crippen molar-refractivity contribution in [3.63, 3.8) is 0 Å². The lowest BCUT2D eigenvalue weighted by atomic mass is 9.76. The number of aliphatic carboxylic acids is 1. The number of rotatable bonds is 12. The fourth-order valence-corrected chi connectivity index (χ4v) is 5.44. The van der Waals surface area contributed by atoms with Crippen molar-refractivity contribution in [2.45, 2.75) is 103 Å². The first-order valence-electron chi connectivity index (χ1n) is 14.5. The zero-order chi connectivity index (χ0) is 34.6. The van der Waals surface area contributed by atoms with E-state index >= 15 is 0 Å². The molecule has 0 saturated carbocycles. The summed E-state index contributed by atoms with van der Waals surface area (Å²) in [5.41, 5.74) is -1.17. The van der Waals surface area contributed by atoms with Crippen molar-refractivity contribution in [2.24, 2.45) is 5.92 Å². The predicted molar refractivity (Wildman–Crippen MR) is 171 cm³/mol. The molecule has 12 heteroatoms. The third kappa shape index (κ3) is 9.30. The molecule has 2 N–H and O–H groups in total. The second-order valence-corrected chi connectivity index (χ2v) is 16.3. The lowest BCUT2D eigenvalue weighted by Gasteiger charge is -2.42. The van der Waals surface area contributed by atoms with Crippen LogP contribution in [0.4, 0.5) is 4.79 Å². The van der Waals surface area contributed by atoms with Crippen LogP contribution in [0.3, 0.4) is 0 Å². The molecule has 0 radical (unpaired) electrons. The Morgan fingerprint density at radius 3 is 1.84 bits per heavy atom. The summed E-state index contributed by atoms with van der Waals surface area (Å²) < 4.78 is 29.9. The second-order valence-electron chi connectivity index (χ2n) is 13.7. The van der Waals surface area contributed by atoms with Crippen LogP contribution >= 0.6 is 0 Å². The third-order valence-corrected chi connectivity index (χ3v) is 10.1. The van der Waals surface area contributed by atoms with Crippen molar-refractivity contribution < 1.29 is 37.4 Å². The van der Waals surface area contributed by atoms with Crippen molar-refractivity contribution in [3.8, 4) is 0 Å². The van der Waals surface area contributed by atoms with Gasteiger partial charge in [0.15, 0.2) is 9.84 Å². The van der Waals surface area contributed by atoms with E-state index in [2.05, 4.69) is 5.32 Å². The minimum absolute atomic E-state index is 0.00923. The highest BCUT2D eigenvalue weighted by Crippen LogP contribution is 2.32. The maximum Gasteiger partial charge on any atom is 0.410 e. The second kappa shape index (κ2) is 14.1. The molecule has 3 atom stereocenters. The van der Waals surface area contributed by atoms with Gasteiger partial charge >= 0.3 is 12.1 Å². The number of likely N-dealkylation sites (N-methyl/N-ethyl adjacent to an activating group) is 2. The van der Waals surface area contributed by atoms with Crippen LogP contribution in [0, 0.1) is 5.92 Å². The van der Waals surface area contributed by atoms with E-state index in [0.29, 0.717) is 5.56 Å². The summed E-state index contributed by atoms with van der Waals surface area (Å²) in [6.45, 7) is 16.3. The Kier molecular flexibility index (Phi) is 12.4. The van der Waals surface area contributed by atoms with Crippen LogP contribution in [0.25, 0.3) is 0 Å². The van der Waals surface area contributed by atoms with E-state index in [1.807, 2.05) is 18.2 Å². The number of carbonyl (C=O) groups excluding carboxylic acids is 3.